The molecule has 0 aliphatic heterocycles. The largest absolute Gasteiger partial charge is 0.298 e. The van der Waals surface area contributed by atoms with Crippen LogP contribution in [-0.4, -0.2) is 12.1 Å². The fourth-order valence-electron chi connectivity index (χ4n) is 5.65. The first-order valence-corrected chi connectivity index (χ1v) is 8.59. The van der Waals surface area contributed by atoms with E-state index in [-0.39, 0.29) is 10.8 Å². The summed E-state index contributed by atoms with van der Waals surface area (Å²) >= 11 is 0. The number of carbonyl (C=O) groups is 2. The van der Waals surface area contributed by atoms with E-state index in [1.54, 1.807) is 5.57 Å². The fraction of sp³-hybridized carbons (Fsp3) is 0.600. The van der Waals surface area contributed by atoms with Crippen LogP contribution in [0.2, 0.25) is 0 Å². The molecule has 1 fully saturated rings. The van der Waals surface area contributed by atoms with Crippen LogP contribution in [-0.2, 0) is 9.59 Å². The van der Waals surface area contributed by atoms with Gasteiger partial charge in [0.1, 0.15) is 6.29 Å². The third-order valence-corrected chi connectivity index (χ3v) is 7.10. The number of carbonyl (C=O) groups excluding carboxylic acids is 2. The Bertz CT molecular complexity index is 651. The van der Waals surface area contributed by atoms with Crippen LogP contribution in [0.1, 0.15) is 52.4 Å². The van der Waals surface area contributed by atoms with Crippen molar-refractivity contribution in [2.24, 2.45) is 22.7 Å². The maximum absolute atomic E-state index is 11.8. The minimum atomic E-state index is 0.0397. The van der Waals surface area contributed by atoms with Gasteiger partial charge in [-0.1, -0.05) is 37.1 Å². The predicted octanol–water partition coefficient (Wildman–Crippen LogP) is 4.17. The van der Waals surface area contributed by atoms with E-state index in [4.69, 9.17) is 0 Å². The summed E-state index contributed by atoms with van der Waals surface area (Å²) in [6.45, 7) is 4.62. The second-order valence-electron chi connectivity index (χ2n) is 8.01. The Labute approximate surface area is 132 Å². The molecule has 2 heteroatoms. The van der Waals surface area contributed by atoms with E-state index < -0.39 is 0 Å². The van der Waals surface area contributed by atoms with Crippen molar-refractivity contribution in [3.63, 3.8) is 0 Å². The maximum atomic E-state index is 11.8. The molecular formula is C20H24O2. The van der Waals surface area contributed by atoms with Crippen molar-refractivity contribution in [3.8, 4) is 0 Å². The zero-order valence-electron chi connectivity index (χ0n) is 13.5. The molecule has 4 aliphatic carbocycles. The maximum Gasteiger partial charge on any atom is 0.155 e. The summed E-state index contributed by atoms with van der Waals surface area (Å²) in [7, 11) is 0. The SMILES string of the molecule is C[C@]12CCC(=O)C=C1CC[C@@H]1C2=CC[C@]2(C)C(C=O)=CCC12. The van der Waals surface area contributed by atoms with Crippen LogP contribution in [0.5, 0.6) is 0 Å². The van der Waals surface area contributed by atoms with Gasteiger partial charge in [0.25, 0.3) is 0 Å². The van der Waals surface area contributed by atoms with Gasteiger partial charge in [0.2, 0.25) is 0 Å². The summed E-state index contributed by atoms with van der Waals surface area (Å²) in [5.74, 6) is 1.46. The molecule has 116 valence electrons. The summed E-state index contributed by atoms with van der Waals surface area (Å²) in [5.41, 5.74) is 4.08. The van der Waals surface area contributed by atoms with Crippen LogP contribution in [0, 0.1) is 22.7 Å². The Balaban J connectivity index is 1.76. The topological polar surface area (TPSA) is 34.1 Å². The van der Waals surface area contributed by atoms with E-state index in [2.05, 4.69) is 26.0 Å². The number of ketones is 1. The zero-order valence-corrected chi connectivity index (χ0v) is 13.5. The van der Waals surface area contributed by atoms with E-state index in [1.807, 2.05) is 6.08 Å². The van der Waals surface area contributed by atoms with Crippen molar-refractivity contribution in [2.45, 2.75) is 52.4 Å². The monoisotopic (exact) mass is 296 g/mol. The van der Waals surface area contributed by atoms with Gasteiger partial charge in [0.05, 0.1) is 0 Å². The molecule has 4 rings (SSSR count). The molecule has 0 heterocycles. The van der Waals surface area contributed by atoms with Crippen molar-refractivity contribution in [1.29, 1.82) is 0 Å². The highest BCUT2D eigenvalue weighted by atomic mass is 16.1. The van der Waals surface area contributed by atoms with Gasteiger partial charge in [-0.15, -0.1) is 0 Å². The summed E-state index contributed by atoms with van der Waals surface area (Å²) in [5, 5.41) is 0. The van der Waals surface area contributed by atoms with Gasteiger partial charge >= 0.3 is 0 Å². The minimum Gasteiger partial charge on any atom is -0.298 e. The van der Waals surface area contributed by atoms with Crippen LogP contribution in [0.15, 0.2) is 34.9 Å². The Hall–Kier alpha value is -1.44. The van der Waals surface area contributed by atoms with Crippen LogP contribution in [0.4, 0.5) is 0 Å². The van der Waals surface area contributed by atoms with Crippen LogP contribution < -0.4 is 0 Å². The van der Waals surface area contributed by atoms with Gasteiger partial charge in [0.15, 0.2) is 5.78 Å². The molecule has 0 aromatic rings. The Kier molecular flexibility index (Phi) is 2.92. The number of rotatable bonds is 1. The highest BCUT2D eigenvalue weighted by Crippen LogP contribution is 2.62. The van der Waals surface area contributed by atoms with Gasteiger partial charge < -0.3 is 0 Å². The molecule has 22 heavy (non-hydrogen) atoms. The summed E-state index contributed by atoms with van der Waals surface area (Å²) in [6.07, 6.45) is 13.5. The third-order valence-electron chi connectivity index (χ3n) is 7.10. The fourth-order valence-corrected chi connectivity index (χ4v) is 5.65. The van der Waals surface area contributed by atoms with Crippen molar-refractivity contribution >= 4 is 12.1 Å². The summed E-state index contributed by atoms with van der Waals surface area (Å²) < 4.78 is 0. The molecular weight excluding hydrogens is 272 g/mol. The zero-order chi connectivity index (χ0) is 15.5. The lowest BCUT2D eigenvalue weighted by molar-refractivity contribution is -0.115. The Morgan fingerprint density at radius 2 is 2.05 bits per heavy atom. The number of hydrogen-bond acceptors (Lipinski definition) is 2. The standard InChI is InChI=1S/C20H24O2/c1-19-9-7-15(22)11-13(19)3-5-16-17-6-4-14(12-21)20(17,2)10-8-18(16)19/h4,8,11-12,16-17H,3,5-7,9-10H2,1-2H3/t16-,17?,19-,20+/m0/s1. The molecule has 0 aromatic heterocycles. The Morgan fingerprint density at radius 3 is 2.82 bits per heavy atom. The number of allylic oxidation sites excluding steroid dienone is 6. The van der Waals surface area contributed by atoms with E-state index in [0.29, 0.717) is 24.0 Å². The minimum absolute atomic E-state index is 0.0397. The lowest BCUT2D eigenvalue weighted by atomic mass is 9.51. The molecule has 4 aliphatic rings. The predicted molar refractivity (Wildman–Crippen MR) is 86.2 cm³/mol. The molecule has 0 spiro atoms. The van der Waals surface area contributed by atoms with Gasteiger partial charge in [0, 0.05) is 17.3 Å². The van der Waals surface area contributed by atoms with E-state index in [1.165, 1.54) is 5.57 Å². The first-order chi connectivity index (χ1) is 10.5. The van der Waals surface area contributed by atoms with Gasteiger partial charge in [-0.3, -0.25) is 9.59 Å². The molecule has 1 saturated carbocycles. The Morgan fingerprint density at radius 1 is 1.23 bits per heavy atom. The van der Waals surface area contributed by atoms with E-state index >= 15 is 0 Å². The third kappa shape index (κ3) is 1.67. The van der Waals surface area contributed by atoms with Crippen molar-refractivity contribution in [2.75, 3.05) is 0 Å². The van der Waals surface area contributed by atoms with Crippen LogP contribution in [0.3, 0.4) is 0 Å². The molecule has 0 saturated heterocycles. The molecule has 0 amide bonds. The normalized spacial score (nSPS) is 43.4. The first kappa shape index (κ1) is 14.2. The van der Waals surface area contributed by atoms with Gasteiger partial charge in [-0.2, -0.15) is 0 Å². The lowest BCUT2D eigenvalue weighted by Crippen LogP contribution is -2.43. The highest BCUT2D eigenvalue weighted by Gasteiger charge is 2.53. The average Bonchev–Trinajstić information content (AvgIpc) is 2.84. The second-order valence-corrected chi connectivity index (χ2v) is 8.01. The molecule has 0 aromatic carbocycles. The number of hydrogen-bond donors (Lipinski definition) is 0. The lowest BCUT2D eigenvalue weighted by Gasteiger charge is -2.52. The molecule has 0 N–H and O–H groups in total. The van der Waals surface area contributed by atoms with Crippen molar-refractivity contribution in [3.05, 3.63) is 34.9 Å². The molecule has 0 bridgehead atoms. The molecule has 1 unspecified atom stereocenters. The molecule has 2 nitrogen and oxygen atoms in total. The quantitative estimate of drug-likeness (QED) is 0.537. The number of aldehydes is 1. The molecule has 4 atom stereocenters. The first-order valence-electron chi connectivity index (χ1n) is 8.59. The van der Waals surface area contributed by atoms with Gasteiger partial charge in [-0.05, 0) is 55.6 Å². The van der Waals surface area contributed by atoms with Crippen molar-refractivity contribution in [1.82, 2.24) is 0 Å². The molecule has 0 radical (unpaired) electrons. The summed E-state index contributed by atoms with van der Waals surface area (Å²) in [4.78, 5) is 23.2. The van der Waals surface area contributed by atoms with Crippen LogP contribution >= 0.6 is 0 Å². The van der Waals surface area contributed by atoms with E-state index in [9.17, 15) is 9.59 Å². The smallest absolute Gasteiger partial charge is 0.155 e. The highest BCUT2D eigenvalue weighted by molar-refractivity contribution is 5.92. The second kappa shape index (κ2) is 4.53. The van der Waals surface area contributed by atoms with Gasteiger partial charge in [-0.25, -0.2) is 0 Å². The number of fused-ring (bicyclic) bond motifs is 5. The van der Waals surface area contributed by atoms with Crippen molar-refractivity contribution < 1.29 is 9.59 Å². The van der Waals surface area contributed by atoms with Crippen LogP contribution in [0.25, 0.3) is 0 Å². The average molecular weight is 296 g/mol. The van der Waals surface area contributed by atoms with E-state index in [0.717, 1.165) is 44.0 Å². The summed E-state index contributed by atoms with van der Waals surface area (Å²) in [6, 6.07) is 0.